The van der Waals surface area contributed by atoms with Crippen LogP contribution < -0.4 is 5.32 Å². The molecule has 0 aliphatic heterocycles. The summed E-state index contributed by atoms with van der Waals surface area (Å²) in [6.07, 6.45) is 2.33. The van der Waals surface area contributed by atoms with Crippen LogP contribution in [0.15, 0.2) is 72.8 Å². The third-order valence-corrected chi connectivity index (χ3v) is 3.76. The van der Waals surface area contributed by atoms with Gasteiger partial charge in [-0.05, 0) is 18.1 Å². The molecule has 1 amide bonds. The van der Waals surface area contributed by atoms with Crippen molar-refractivity contribution in [3.05, 3.63) is 83.9 Å². The number of rotatable bonds is 9. The predicted molar refractivity (Wildman–Crippen MR) is 104 cm³/mol. The summed E-state index contributed by atoms with van der Waals surface area (Å²) in [4.78, 5) is 36.0. The second-order valence-corrected chi connectivity index (χ2v) is 5.93. The topological polar surface area (TPSA) is 81.7 Å². The fraction of sp³-hybridized carbons (Fsp3) is 0.227. The normalized spacial score (nSPS) is 11.6. The molecule has 2 rings (SSSR count). The molecule has 0 saturated heterocycles. The van der Waals surface area contributed by atoms with Gasteiger partial charge < -0.3 is 14.8 Å². The van der Waals surface area contributed by atoms with E-state index in [2.05, 4.69) is 5.32 Å². The summed E-state index contributed by atoms with van der Waals surface area (Å²) >= 11 is 0. The van der Waals surface area contributed by atoms with Crippen LogP contribution in [-0.4, -0.2) is 30.5 Å². The van der Waals surface area contributed by atoms with Crippen LogP contribution in [0, 0.1) is 0 Å². The molecule has 0 aromatic heterocycles. The lowest BCUT2D eigenvalue weighted by Crippen LogP contribution is -2.42. The van der Waals surface area contributed by atoms with Gasteiger partial charge in [-0.15, -0.1) is 0 Å². The number of esters is 2. The monoisotopic (exact) mass is 381 g/mol. The molecule has 2 aromatic rings. The van der Waals surface area contributed by atoms with Gasteiger partial charge in [-0.25, -0.2) is 9.59 Å². The van der Waals surface area contributed by atoms with Crippen molar-refractivity contribution >= 4 is 17.8 Å². The van der Waals surface area contributed by atoms with Crippen molar-refractivity contribution in [2.75, 3.05) is 6.61 Å². The Morgan fingerprint density at radius 2 is 1.50 bits per heavy atom. The highest BCUT2D eigenvalue weighted by atomic mass is 16.5. The molecule has 1 atom stereocenters. The summed E-state index contributed by atoms with van der Waals surface area (Å²) in [5.41, 5.74) is 1.72. The van der Waals surface area contributed by atoms with Gasteiger partial charge in [-0.3, -0.25) is 4.79 Å². The lowest BCUT2D eigenvalue weighted by atomic mass is 10.1. The van der Waals surface area contributed by atoms with Crippen LogP contribution in [0.3, 0.4) is 0 Å². The van der Waals surface area contributed by atoms with Gasteiger partial charge in [0, 0.05) is 18.6 Å². The molecule has 28 heavy (non-hydrogen) atoms. The van der Waals surface area contributed by atoms with Gasteiger partial charge in [0.2, 0.25) is 5.91 Å². The minimum atomic E-state index is -0.884. The standard InChI is InChI=1S/C22H23NO5/c1-2-27-21(25)14-13-20(24)23-19(15-17-9-5-3-6-10-17)22(26)28-16-18-11-7-4-8-12-18/h3-14,19H,2,15-16H2,1H3,(H,23,24)/b14-13+/t19-/m0/s1. The maximum absolute atomic E-state index is 12.5. The third-order valence-electron chi connectivity index (χ3n) is 3.76. The van der Waals surface area contributed by atoms with E-state index in [1.807, 2.05) is 60.7 Å². The Balaban J connectivity index is 2.02. The van der Waals surface area contributed by atoms with Crippen molar-refractivity contribution in [2.24, 2.45) is 0 Å². The van der Waals surface area contributed by atoms with Crippen molar-refractivity contribution in [2.45, 2.75) is 26.0 Å². The van der Waals surface area contributed by atoms with Gasteiger partial charge in [-0.2, -0.15) is 0 Å². The van der Waals surface area contributed by atoms with Crippen LogP contribution in [0.5, 0.6) is 0 Å². The second kappa shape index (κ2) is 11.3. The summed E-state index contributed by atoms with van der Waals surface area (Å²) in [6.45, 7) is 2.00. The lowest BCUT2D eigenvalue weighted by molar-refractivity contribution is -0.148. The van der Waals surface area contributed by atoms with Gasteiger partial charge in [-0.1, -0.05) is 60.7 Å². The first-order chi connectivity index (χ1) is 13.6. The highest BCUT2D eigenvalue weighted by molar-refractivity contribution is 5.96. The summed E-state index contributed by atoms with van der Waals surface area (Å²) in [7, 11) is 0. The summed E-state index contributed by atoms with van der Waals surface area (Å²) in [6, 6.07) is 17.7. The highest BCUT2D eigenvalue weighted by Gasteiger charge is 2.22. The number of carbonyl (C=O) groups is 3. The molecule has 0 unspecified atom stereocenters. The fourth-order valence-electron chi connectivity index (χ4n) is 2.43. The minimum Gasteiger partial charge on any atom is -0.463 e. The molecule has 0 radical (unpaired) electrons. The zero-order valence-corrected chi connectivity index (χ0v) is 15.7. The van der Waals surface area contributed by atoms with Gasteiger partial charge in [0.05, 0.1) is 6.61 Å². The van der Waals surface area contributed by atoms with Crippen molar-refractivity contribution < 1.29 is 23.9 Å². The summed E-state index contributed by atoms with van der Waals surface area (Å²) in [5.74, 6) is -1.75. The molecule has 0 bridgehead atoms. The number of hydrogen-bond acceptors (Lipinski definition) is 5. The smallest absolute Gasteiger partial charge is 0.330 e. The van der Waals surface area contributed by atoms with E-state index in [-0.39, 0.29) is 19.6 Å². The number of nitrogens with one attached hydrogen (secondary N) is 1. The molecule has 0 aliphatic rings. The highest BCUT2D eigenvalue weighted by Crippen LogP contribution is 2.07. The maximum atomic E-state index is 12.5. The van der Waals surface area contributed by atoms with E-state index < -0.39 is 23.9 Å². The Kier molecular flexibility index (Phi) is 8.46. The average Bonchev–Trinajstić information content (AvgIpc) is 2.72. The Bertz CT molecular complexity index is 802. The number of benzene rings is 2. The van der Waals surface area contributed by atoms with Crippen molar-refractivity contribution in [1.29, 1.82) is 0 Å². The molecule has 0 aliphatic carbocycles. The molecular weight excluding hydrogens is 358 g/mol. The van der Waals surface area contributed by atoms with Crippen LogP contribution in [-0.2, 0) is 36.9 Å². The zero-order valence-electron chi connectivity index (χ0n) is 15.7. The van der Waals surface area contributed by atoms with Crippen LogP contribution in [0.25, 0.3) is 0 Å². The van der Waals surface area contributed by atoms with Crippen LogP contribution in [0.2, 0.25) is 0 Å². The first kappa shape index (κ1) is 20.9. The van der Waals surface area contributed by atoms with Crippen LogP contribution >= 0.6 is 0 Å². The molecule has 6 nitrogen and oxygen atoms in total. The molecule has 0 heterocycles. The van der Waals surface area contributed by atoms with E-state index >= 15 is 0 Å². The Hall–Kier alpha value is -3.41. The first-order valence-electron chi connectivity index (χ1n) is 8.98. The first-order valence-corrected chi connectivity index (χ1v) is 8.98. The molecule has 146 valence electrons. The second-order valence-electron chi connectivity index (χ2n) is 5.93. The lowest BCUT2D eigenvalue weighted by Gasteiger charge is -2.17. The average molecular weight is 381 g/mol. The van der Waals surface area contributed by atoms with Gasteiger partial charge in [0.25, 0.3) is 0 Å². The number of hydrogen-bond donors (Lipinski definition) is 1. The fourth-order valence-corrected chi connectivity index (χ4v) is 2.43. The molecule has 1 N–H and O–H groups in total. The van der Waals surface area contributed by atoms with Crippen molar-refractivity contribution in [3.63, 3.8) is 0 Å². The van der Waals surface area contributed by atoms with E-state index in [9.17, 15) is 14.4 Å². The summed E-state index contributed by atoms with van der Waals surface area (Å²) in [5, 5.41) is 2.59. The quantitative estimate of drug-likeness (QED) is 0.533. The SMILES string of the molecule is CCOC(=O)/C=C/C(=O)N[C@@H](Cc1ccccc1)C(=O)OCc1ccccc1. The molecule has 0 spiro atoms. The van der Waals surface area contributed by atoms with Gasteiger partial charge in [0.15, 0.2) is 0 Å². The molecule has 0 fully saturated rings. The van der Waals surface area contributed by atoms with Gasteiger partial charge >= 0.3 is 11.9 Å². The van der Waals surface area contributed by atoms with E-state index in [1.165, 1.54) is 0 Å². The van der Waals surface area contributed by atoms with Crippen molar-refractivity contribution in [1.82, 2.24) is 5.32 Å². The molecule has 0 saturated carbocycles. The van der Waals surface area contributed by atoms with E-state index in [0.717, 1.165) is 23.3 Å². The predicted octanol–water partition coefficient (Wildman–Crippen LogP) is 2.58. The van der Waals surface area contributed by atoms with Crippen LogP contribution in [0.4, 0.5) is 0 Å². The van der Waals surface area contributed by atoms with Crippen molar-refractivity contribution in [3.8, 4) is 0 Å². The van der Waals surface area contributed by atoms with E-state index in [0.29, 0.717) is 0 Å². The number of carbonyl (C=O) groups excluding carboxylic acids is 3. The Morgan fingerprint density at radius 3 is 2.11 bits per heavy atom. The molecule has 2 aromatic carbocycles. The van der Waals surface area contributed by atoms with E-state index in [1.54, 1.807) is 6.92 Å². The Morgan fingerprint density at radius 1 is 0.893 bits per heavy atom. The third kappa shape index (κ3) is 7.45. The number of ether oxygens (including phenoxy) is 2. The Labute approximate surface area is 164 Å². The zero-order chi connectivity index (χ0) is 20.2. The van der Waals surface area contributed by atoms with Crippen LogP contribution in [0.1, 0.15) is 18.1 Å². The maximum Gasteiger partial charge on any atom is 0.330 e. The van der Waals surface area contributed by atoms with E-state index in [4.69, 9.17) is 9.47 Å². The molecule has 6 heteroatoms. The molecular formula is C22H23NO5. The van der Waals surface area contributed by atoms with Gasteiger partial charge in [0.1, 0.15) is 12.6 Å². The summed E-state index contributed by atoms with van der Waals surface area (Å²) < 4.78 is 10.1. The largest absolute Gasteiger partial charge is 0.463 e. The minimum absolute atomic E-state index is 0.111. The number of amides is 1.